The summed E-state index contributed by atoms with van der Waals surface area (Å²) in [6, 6.07) is 7.28. The van der Waals surface area contributed by atoms with Crippen molar-refractivity contribution in [2.45, 2.75) is 26.9 Å². The first-order chi connectivity index (χ1) is 10.8. The van der Waals surface area contributed by atoms with Gasteiger partial charge in [0.05, 0.1) is 18.3 Å². The molecule has 23 heavy (non-hydrogen) atoms. The van der Waals surface area contributed by atoms with Crippen LogP contribution in [-0.2, 0) is 9.59 Å². The Hall–Kier alpha value is -2.08. The Kier molecular flexibility index (Phi) is 7.54. The standard InChI is InChI=1S/C17H27N3O3/c1-13(2)23-16-9-7-6-8-15(16)18-17(22)12-20(14(3)21)11-10-19(4)5/h6-9,13H,10-12H2,1-5H3,(H,18,22). The molecule has 0 saturated carbocycles. The van der Waals surface area contributed by atoms with Crippen molar-refractivity contribution in [3.63, 3.8) is 0 Å². The molecule has 0 aliphatic heterocycles. The number of benzene rings is 1. The van der Waals surface area contributed by atoms with E-state index in [0.29, 0.717) is 24.5 Å². The summed E-state index contributed by atoms with van der Waals surface area (Å²) in [5, 5.41) is 2.82. The van der Waals surface area contributed by atoms with Gasteiger partial charge in [-0.1, -0.05) is 12.1 Å². The van der Waals surface area contributed by atoms with Crippen molar-refractivity contribution in [3.05, 3.63) is 24.3 Å². The van der Waals surface area contributed by atoms with Gasteiger partial charge in [-0.05, 0) is 40.1 Å². The number of ether oxygens (including phenoxy) is 1. The summed E-state index contributed by atoms with van der Waals surface area (Å²) >= 11 is 0. The topological polar surface area (TPSA) is 61.9 Å². The smallest absolute Gasteiger partial charge is 0.244 e. The van der Waals surface area contributed by atoms with Gasteiger partial charge < -0.3 is 19.9 Å². The molecule has 1 aromatic carbocycles. The molecule has 2 amide bonds. The van der Waals surface area contributed by atoms with Gasteiger partial charge in [-0.2, -0.15) is 0 Å². The van der Waals surface area contributed by atoms with Crippen LogP contribution < -0.4 is 10.1 Å². The second-order valence-corrected chi connectivity index (χ2v) is 5.95. The van der Waals surface area contributed by atoms with Gasteiger partial charge in [0, 0.05) is 20.0 Å². The van der Waals surface area contributed by atoms with Crippen LogP contribution in [0.25, 0.3) is 0 Å². The molecule has 1 aromatic rings. The number of nitrogens with zero attached hydrogens (tertiary/aromatic N) is 2. The molecule has 1 N–H and O–H groups in total. The molecule has 0 unspecified atom stereocenters. The molecule has 0 spiro atoms. The van der Waals surface area contributed by atoms with E-state index in [2.05, 4.69) is 5.32 Å². The molecule has 0 fully saturated rings. The van der Waals surface area contributed by atoms with Crippen molar-refractivity contribution in [3.8, 4) is 5.75 Å². The maximum atomic E-state index is 12.2. The first-order valence-electron chi connectivity index (χ1n) is 7.75. The lowest BCUT2D eigenvalue weighted by Gasteiger charge is -2.23. The van der Waals surface area contributed by atoms with Crippen molar-refractivity contribution in [1.29, 1.82) is 0 Å². The van der Waals surface area contributed by atoms with Gasteiger partial charge in [0.1, 0.15) is 5.75 Å². The molecule has 0 saturated heterocycles. The van der Waals surface area contributed by atoms with Gasteiger partial charge in [-0.25, -0.2) is 0 Å². The molecule has 0 aliphatic rings. The molecular weight excluding hydrogens is 294 g/mol. The molecule has 128 valence electrons. The minimum atomic E-state index is -0.237. The van der Waals surface area contributed by atoms with Crippen LogP contribution in [0.3, 0.4) is 0 Å². The molecule has 0 aromatic heterocycles. The summed E-state index contributed by atoms with van der Waals surface area (Å²) in [4.78, 5) is 27.4. The van der Waals surface area contributed by atoms with E-state index in [0.717, 1.165) is 0 Å². The average Bonchev–Trinajstić information content (AvgIpc) is 2.44. The van der Waals surface area contributed by atoms with Crippen LogP contribution in [0.4, 0.5) is 5.69 Å². The van der Waals surface area contributed by atoms with E-state index in [9.17, 15) is 9.59 Å². The summed E-state index contributed by atoms with van der Waals surface area (Å²) in [7, 11) is 3.86. The van der Waals surface area contributed by atoms with Crippen LogP contribution in [0.15, 0.2) is 24.3 Å². The van der Waals surface area contributed by atoms with Crippen LogP contribution in [0.1, 0.15) is 20.8 Å². The second-order valence-electron chi connectivity index (χ2n) is 5.95. The number of para-hydroxylation sites is 2. The van der Waals surface area contributed by atoms with Crippen LogP contribution in [0.5, 0.6) is 5.75 Å². The molecule has 1 rings (SSSR count). The highest BCUT2D eigenvalue weighted by Crippen LogP contribution is 2.24. The quantitative estimate of drug-likeness (QED) is 0.793. The molecule has 0 bridgehead atoms. The van der Waals surface area contributed by atoms with Gasteiger partial charge in [0.25, 0.3) is 0 Å². The van der Waals surface area contributed by atoms with Gasteiger partial charge in [-0.3, -0.25) is 9.59 Å². The van der Waals surface area contributed by atoms with Crippen LogP contribution in [-0.4, -0.2) is 61.4 Å². The van der Waals surface area contributed by atoms with E-state index >= 15 is 0 Å². The van der Waals surface area contributed by atoms with Crippen molar-refractivity contribution in [2.75, 3.05) is 39.0 Å². The maximum Gasteiger partial charge on any atom is 0.244 e. The highest BCUT2D eigenvalue weighted by atomic mass is 16.5. The third-order valence-corrected chi connectivity index (χ3v) is 3.12. The van der Waals surface area contributed by atoms with E-state index in [1.165, 1.54) is 11.8 Å². The van der Waals surface area contributed by atoms with E-state index in [4.69, 9.17) is 4.74 Å². The van der Waals surface area contributed by atoms with E-state index in [-0.39, 0.29) is 24.5 Å². The predicted octanol–water partition coefficient (Wildman–Crippen LogP) is 1.82. The Morgan fingerprint density at radius 2 is 1.83 bits per heavy atom. The summed E-state index contributed by atoms with van der Waals surface area (Å²) in [5.74, 6) is 0.269. The van der Waals surface area contributed by atoms with Crippen LogP contribution in [0, 0.1) is 0 Å². The Morgan fingerprint density at radius 3 is 2.39 bits per heavy atom. The maximum absolute atomic E-state index is 12.2. The van der Waals surface area contributed by atoms with Crippen LogP contribution in [0.2, 0.25) is 0 Å². The van der Waals surface area contributed by atoms with Gasteiger partial charge in [-0.15, -0.1) is 0 Å². The second kappa shape index (κ2) is 9.15. The first-order valence-corrected chi connectivity index (χ1v) is 7.75. The lowest BCUT2D eigenvalue weighted by molar-refractivity contribution is -0.132. The number of carbonyl (C=O) groups is 2. The van der Waals surface area contributed by atoms with Crippen molar-refractivity contribution in [2.24, 2.45) is 0 Å². The molecule has 0 aliphatic carbocycles. The summed E-state index contributed by atoms with van der Waals surface area (Å²) in [6.07, 6.45) is 0.0156. The number of anilines is 1. The first kappa shape index (κ1) is 19.0. The van der Waals surface area contributed by atoms with Crippen molar-refractivity contribution < 1.29 is 14.3 Å². The average molecular weight is 321 g/mol. The Morgan fingerprint density at radius 1 is 1.17 bits per heavy atom. The molecule has 6 nitrogen and oxygen atoms in total. The highest BCUT2D eigenvalue weighted by molar-refractivity contribution is 5.95. The Balaban J connectivity index is 2.69. The normalized spacial score (nSPS) is 10.7. The predicted molar refractivity (Wildman–Crippen MR) is 91.6 cm³/mol. The van der Waals surface area contributed by atoms with Gasteiger partial charge in [0.15, 0.2) is 0 Å². The number of hydrogen-bond acceptors (Lipinski definition) is 4. The van der Waals surface area contributed by atoms with Gasteiger partial charge >= 0.3 is 0 Å². The third kappa shape index (κ3) is 7.15. The van der Waals surface area contributed by atoms with E-state index in [1.54, 1.807) is 6.07 Å². The highest BCUT2D eigenvalue weighted by Gasteiger charge is 2.15. The zero-order valence-electron chi connectivity index (χ0n) is 14.6. The fraction of sp³-hybridized carbons (Fsp3) is 0.529. The summed E-state index contributed by atoms with van der Waals surface area (Å²) in [6.45, 7) is 6.58. The van der Waals surface area contributed by atoms with E-state index in [1.807, 2.05) is 51.0 Å². The zero-order valence-corrected chi connectivity index (χ0v) is 14.6. The van der Waals surface area contributed by atoms with Gasteiger partial charge in [0.2, 0.25) is 11.8 Å². The number of carbonyl (C=O) groups excluding carboxylic acids is 2. The number of amides is 2. The molecule has 0 heterocycles. The molecule has 0 atom stereocenters. The minimum absolute atomic E-state index is 0.0156. The molecule has 0 radical (unpaired) electrons. The number of likely N-dealkylation sites (N-methyl/N-ethyl adjacent to an activating group) is 1. The number of rotatable bonds is 8. The monoisotopic (exact) mass is 321 g/mol. The minimum Gasteiger partial charge on any atom is -0.489 e. The lowest BCUT2D eigenvalue weighted by atomic mass is 10.2. The lowest BCUT2D eigenvalue weighted by Crippen LogP contribution is -2.40. The molecular formula is C17H27N3O3. The fourth-order valence-corrected chi connectivity index (χ4v) is 1.96. The third-order valence-electron chi connectivity index (χ3n) is 3.12. The summed E-state index contributed by atoms with van der Waals surface area (Å²) in [5.41, 5.74) is 0.613. The largest absolute Gasteiger partial charge is 0.489 e. The fourth-order valence-electron chi connectivity index (χ4n) is 1.96. The van der Waals surface area contributed by atoms with Crippen molar-refractivity contribution in [1.82, 2.24) is 9.80 Å². The van der Waals surface area contributed by atoms with E-state index < -0.39 is 0 Å². The van der Waals surface area contributed by atoms with Crippen molar-refractivity contribution >= 4 is 17.5 Å². The Labute approximate surface area is 138 Å². The Bertz CT molecular complexity index is 530. The summed E-state index contributed by atoms with van der Waals surface area (Å²) < 4.78 is 5.68. The number of hydrogen-bond donors (Lipinski definition) is 1. The van der Waals surface area contributed by atoms with Crippen LogP contribution >= 0.6 is 0 Å². The molecule has 6 heteroatoms. The number of nitrogens with one attached hydrogen (secondary N) is 1. The SMILES string of the molecule is CC(=O)N(CCN(C)C)CC(=O)Nc1ccccc1OC(C)C. The zero-order chi connectivity index (χ0) is 17.4.